The fourth-order valence-electron chi connectivity index (χ4n) is 1.32. The summed E-state index contributed by atoms with van der Waals surface area (Å²) in [5, 5.41) is 3.31. The number of pyridine rings is 1. The molecule has 0 aliphatic carbocycles. The summed E-state index contributed by atoms with van der Waals surface area (Å²) in [6.45, 7) is 7.22. The second-order valence-electron chi connectivity index (χ2n) is 3.43. The lowest BCUT2D eigenvalue weighted by Gasteiger charge is -2.19. The summed E-state index contributed by atoms with van der Waals surface area (Å²) in [5.41, 5.74) is 2.30. The van der Waals surface area contributed by atoms with Gasteiger partial charge >= 0.3 is 0 Å². The van der Waals surface area contributed by atoms with E-state index in [9.17, 15) is 0 Å². The van der Waals surface area contributed by atoms with E-state index < -0.39 is 0 Å². The first-order valence-corrected chi connectivity index (χ1v) is 5.08. The predicted molar refractivity (Wildman–Crippen MR) is 60.8 cm³/mol. The molecule has 0 saturated heterocycles. The quantitative estimate of drug-likeness (QED) is 0.717. The van der Waals surface area contributed by atoms with E-state index in [2.05, 4.69) is 35.2 Å². The number of rotatable bonds is 5. The Morgan fingerprint density at radius 2 is 2.29 bits per heavy atom. The number of hydrogen-bond donors (Lipinski definition) is 1. The topological polar surface area (TPSA) is 28.2 Å². The van der Waals surface area contributed by atoms with Crippen molar-refractivity contribution < 1.29 is 0 Å². The highest BCUT2D eigenvalue weighted by Gasteiger charge is 1.99. The molecule has 14 heavy (non-hydrogen) atoms. The van der Waals surface area contributed by atoms with Gasteiger partial charge in [-0.3, -0.25) is 4.98 Å². The van der Waals surface area contributed by atoms with Gasteiger partial charge in [-0.25, -0.2) is 0 Å². The molecule has 0 aliphatic rings. The minimum absolute atomic E-state index is 1.02. The predicted octanol–water partition coefficient (Wildman–Crippen LogP) is 1.44. The van der Waals surface area contributed by atoms with E-state index in [4.69, 9.17) is 0 Å². The maximum Gasteiger partial charge on any atom is 0.0397 e. The Labute approximate surface area is 86.2 Å². The van der Waals surface area contributed by atoms with Crippen LogP contribution in [0.4, 0.5) is 5.69 Å². The fraction of sp³-hybridized carbons (Fsp3) is 0.545. The van der Waals surface area contributed by atoms with Crippen molar-refractivity contribution in [3.8, 4) is 0 Å². The van der Waals surface area contributed by atoms with Crippen LogP contribution in [0, 0.1) is 6.92 Å². The zero-order valence-electron chi connectivity index (χ0n) is 9.25. The Bertz CT molecular complexity index is 273. The molecule has 0 aromatic carbocycles. The molecule has 0 atom stereocenters. The molecule has 0 amide bonds. The zero-order chi connectivity index (χ0) is 10.4. The largest absolute Gasteiger partial charge is 0.373 e. The van der Waals surface area contributed by atoms with Gasteiger partial charge in [-0.15, -0.1) is 0 Å². The molecule has 0 fully saturated rings. The molecule has 0 unspecified atom stereocenters. The summed E-state index contributed by atoms with van der Waals surface area (Å²) in [6.07, 6.45) is 1.86. The first kappa shape index (κ1) is 11.0. The van der Waals surface area contributed by atoms with Crippen LogP contribution >= 0.6 is 0 Å². The van der Waals surface area contributed by atoms with Crippen molar-refractivity contribution in [2.75, 3.05) is 31.6 Å². The van der Waals surface area contributed by atoms with Crippen LogP contribution in [-0.4, -0.2) is 31.7 Å². The second-order valence-corrected chi connectivity index (χ2v) is 3.43. The Balaban J connectivity index is 2.47. The molecule has 0 bridgehead atoms. The van der Waals surface area contributed by atoms with Crippen LogP contribution in [0.25, 0.3) is 0 Å². The monoisotopic (exact) mass is 193 g/mol. The third kappa shape index (κ3) is 3.34. The van der Waals surface area contributed by atoms with E-state index >= 15 is 0 Å². The van der Waals surface area contributed by atoms with Crippen LogP contribution in [0.3, 0.4) is 0 Å². The van der Waals surface area contributed by atoms with Crippen molar-refractivity contribution in [1.29, 1.82) is 0 Å². The SMILES string of the molecule is CCNCCN(C)c1ccnc(C)c1. The highest BCUT2D eigenvalue weighted by molar-refractivity contribution is 5.45. The van der Waals surface area contributed by atoms with E-state index in [1.165, 1.54) is 5.69 Å². The lowest BCUT2D eigenvalue weighted by molar-refractivity contribution is 0.706. The molecule has 1 aromatic rings. The maximum atomic E-state index is 4.18. The molecule has 3 nitrogen and oxygen atoms in total. The third-order valence-electron chi connectivity index (χ3n) is 2.20. The highest BCUT2D eigenvalue weighted by atomic mass is 15.1. The van der Waals surface area contributed by atoms with Gasteiger partial charge in [0.25, 0.3) is 0 Å². The first-order valence-electron chi connectivity index (χ1n) is 5.08. The average molecular weight is 193 g/mol. The van der Waals surface area contributed by atoms with Gasteiger partial charge in [0.15, 0.2) is 0 Å². The molecule has 78 valence electrons. The number of aromatic nitrogens is 1. The first-order chi connectivity index (χ1) is 6.74. The molecular formula is C11H19N3. The van der Waals surface area contributed by atoms with Crippen LogP contribution in [-0.2, 0) is 0 Å². The minimum atomic E-state index is 1.02. The molecule has 0 radical (unpaired) electrons. The fourth-order valence-corrected chi connectivity index (χ4v) is 1.32. The van der Waals surface area contributed by atoms with E-state index in [1.54, 1.807) is 0 Å². The Morgan fingerprint density at radius 3 is 2.93 bits per heavy atom. The van der Waals surface area contributed by atoms with Gasteiger partial charge in [0.1, 0.15) is 0 Å². The van der Waals surface area contributed by atoms with Crippen LogP contribution in [0.2, 0.25) is 0 Å². The van der Waals surface area contributed by atoms with Crippen molar-refractivity contribution in [2.24, 2.45) is 0 Å². The standard InChI is InChI=1S/C11H19N3/c1-4-12-7-8-14(3)11-5-6-13-10(2)9-11/h5-6,9,12H,4,7-8H2,1-3H3. The van der Waals surface area contributed by atoms with E-state index in [-0.39, 0.29) is 0 Å². The van der Waals surface area contributed by atoms with Crippen LogP contribution in [0.15, 0.2) is 18.3 Å². The molecule has 1 N–H and O–H groups in total. The van der Waals surface area contributed by atoms with Gasteiger partial charge in [-0.1, -0.05) is 6.92 Å². The van der Waals surface area contributed by atoms with Gasteiger partial charge in [0, 0.05) is 37.7 Å². The van der Waals surface area contributed by atoms with Crippen molar-refractivity contribution in [3.05, 3.63) is 24.0 Å². The molecule has 0 saturated carbocycles. The number of likely N-dealkylation sites (N-methyl/N-ethyl adjacent to an activating group) is 2. The summed E-state index contributed by atoms with van der Waals surface area (Å²) in [6, 6.07) is 4.14. The van der Waals surface area contributed by atoms with Crippen molar-refractivity contribution in [1.82, 2.24) is 10.3 Å². The Hall–Kier alpha value is -1.09. The van der Waals surface area contributed by atoms with Gasteiger partial charge in [0.05, 0.1) is 0 Å². The highest BCUT2D eigenvalue weighted by Crippen LogP contribution is 2.11. The van der Waals surface area contributed by atoms with E-state index in [0.29, 0.717) is 0 Å². The number of nitrogens with zero attached hydrogens (tertiary/aromatic N) is 2. The van der Waals surface area contributed by atoms with Gasteiger partial charge in [0.2, 0.25) is 0 Å². The summed E-state index contributed by atoms with van der Waals surface area (Å²) < 4.78 is 0. The summed E-state index contributed by atoms with van der Waals surface area (Å²) in [5.74, 6) is 0. The van der Waals surface area contributed by atoms with Gasteiger partial charge in [-0.05, 0) is 25.6 Å². The van der Waals surface area contributed by atoms with Gasteiger partial charge < -0.3 is 10.2 Å². The van der Waals surface area contributed by atoms with E-state index in [1.807, 2.05) is 19.2 Å². The number of anilines is 1. The number of nitrogens with one attached hydrogen (secondary N) is 1. The smallest absolute Gasteiger partial charge is 0.0397 e. The summed E-state index contributed by atoms with van der Waals surface area (Å²) in [4.78, 5) is 6.41. The van der Waals surface area contributed by atoms with E-state index in [0.717, 1.165) is 25.3 Å². The molecular weight excluding hydrogens is 174 g/mol. The summed E-state index contributed by atoms with van der Waals surface area (Å²) in [7, 11) is 2.10. The molecule has 1 heterocycles. The number of hydrogen-bond acceptors (Lipinski definition) is 3. The Morgan fingerprint density at radius 1 is 1.50 bits per heavy atom. The second kappa shape index (κ2) is 5.60. The number of aryl methyl sites for hydroxylation is 1. The summed E-state index contributed by atoms with van der Waals surface area (Å²) >= 11 is 0. The molecule has 1 aromatic heterocycles. The molecule has 0 spiro atoms. The minimum Gasteiger partial charge on any atom is -0.373 e. The Kier molecular flexibility index (Phi) is 4.40. The molecule has 1 rings (SSSR count). The van der Waals surface area contributed by atoms with Crippen molar-refractivity contribution >= 4 is 5.69 Å². The van der Waals surface area contributed by atoms with Crippen LogP contribution in [0.1, 0.15) is 12.6 Å². The van der Waals surface area contributed by atoms with Gasteiger partial charge in [-0.2, -0.15) is 0 Å². The molecule has 3 heteroatoms. The van der Waals surface area contributed by atoms with Crippen molar-refractivity contribution in [3.63, 3.8) is 0 Å². The normalized spacial score (nSPS) is 10.2. The lowest BCUT2D eigenvalue weighted by atomic mass is 10.3. The maximum absolute atomic E-state index is 4.18. The lowest BCUT2D eigenvalue weighted by Crippen LogP contribution is -2.28. The third-order valence-corrected chi connectivity index (χ3v) is 2.20. The molecule has 0 aliphatic heterocycles. The van der Waals surface area contributed by atoms with Crippen LogP contribution in [0.5, 0.6) is 0 Å². The average Bonchev–Trinajstić information content (AvgIpc) is 2.18. The zero-order valence-corrected chi connectivity index (χ0v) is 9.25. The van der Waals surface area contributed by atoms with Crippen molar-refractivity contribution in [2.45, 2.75) is 13.8 Å². The van der Waals surface area contributed by atoms with Crippen LogP contribution < -0.4 is 10.2 Å².